The van der Waals surface area contributed by atoms with Gasteiger partial charge in [-0.15, -0.1) is 0 Å². The highest BCUT2D eigenvalue weighted by molar-refractivity contribution is 5.98. The van der Waals surface area contributed by atoms with Crippen molar-refractivity contribution in [3.8, 4) is 11.5 Å². The van der Waals surface area contributed by atoms with E-state index in [9.17, 15) is 9.59 Å². The van der Waals surface area contributed by atoms with Gasteiger partial charge in [-0.25, -0.2) is 4.79 Å². The van der Waals surface area contributed by atoms with Crippen molar-refractivity contribution >= 4 is 18.0 Å². The third-order valence-electron chi connectivity index (χ3n) is 3.73. The van der Waals surface area contributed by atoms with E-state index in [-0.39, 0.29) is 11.6 Å². The molecule has 0 radical (unpaired) electrons. The number of esters is 1. The van der Waals surface area contributed by atoms with E-state index in [0.717, 1.165) is 41.0 Å². The summed E-state index contributed by atoms with van der Waals surface area (Å²) in [4.78, 5) is 23.2. The van der Waals surface area contributed by atoms with E-state index >= 15 is 0 Å². The van der Waals surface area contributed by atoms with Crippen LogP contribution in [0.15, 0.2) is 11.8 Å². The van der Waals surface area contributed by atoms with E-state index in [0.29, 0.717) is 13.2 Å². The average molecular weight is 303 g/mol. The van der Waals surface area contributed by atoms with Crippen LogP contribution < -0.4 is 14.8 Å². The predicted molar refractivity (Wildman–Crippen MR) is 78.6 cm³/mol. The maximum Gasteiger partial charge on any atom is 0.354 e. The van der Waals surface area contributed by atoms with E-state index in [2.05, 4.69) is 5.32 Å². The highest BCUT2D eigenvalue weighted by atomic mass is 16.5. The van der Waals surface area contributed by atoms with Gasteiger partial charge in [0.2, 0.25) is 5.91 Å². The number of hydrogen-bond donors (Lipinski definition) is 1. The molecule has 1 aromatic rings. The van der Waals surface area contributed by atoms with Crippen molar-refractivity contribution in [1.29, 1.82) is 0 Å². The van der Waals surface area contributed by atoms with Crippen LogP contribution in [0, 0.1) is 0 Å². The maximum absolute atomic E-state index is 11.9. The van der Waals surface area contributed by atoms with Crippen LogP contribution in [-0.4, -0.2) is 32.2 Å². The van der Waals surface area contributed by atoms with Crippen LogP contribution in [-0.2, 0) is 27.2 Å². The second kappa shape index (κ2) is 5.71. The number of benzene rings is 1. The Bertz CT molecular complexity index is 645. The normalized spacial score (nSPS) is 15.5. The SMILES string of the molecule is COC(=O)/C(=C/c1c2c(cc3c1CCO3)OCC2)NC(C)=O. The molecule has 0 atom stereocenters. The van der Waals surface area contributed by atoms with Crippen LogP contribution in [0.2, 0.25) is 0 Å². The Labute approximate surface area is 128 Å². The summed E-state index contributed by atoms with van der Waals surface area (Å²) in [5, 5.41) is 2.53. The van der Waals surface area contributed by atoms with Gasteiger partial charge in [0.15, 0.2) is 0 Å². The van der Waals surface area contributed by atoms with Crippen LogP contribution in [0.4, 0.5) is 0 Å². The van der Waals surface area contributed by atoms with E-state index in [1.54, 1.807) is 6.08 Å². The molecular weight excluding hydrogens is 286 g/mol. The number of nitrogens with one attached hydrogen (secondary N) is 1. The summed E-state index contributed by atoms with van der Waals surface area (Å²) in [7, 11) is 1.28. The van der Waals surface area contributed by atoms with Gasteiger partial charge in [0.05, 0.1) is 20.3 Å². The van der Waals surface area contributed by atoms with Gasteiger partial charge in [-0.05, 0) is 11.6 Å². The zero-order chi connectivity index (χ0) is 15.7. The van der Waals surface area contributed by atoms with Crippen molar-refractivity contribution in [1.82, 2.24) is 5.32 Å². The molecule has 2 aliphatic rings. The number of amides is 1. The van der Waals surface area contributed by atoms with Gasteiger partial charge in [0.1, 0.15) is 17.2 Å². The molecule has 6 heteroatoms. The third-order valence-corrected chi connectivity index (χ3v) is 3.73. The molecule has 6 nitrogen and oxygen atoms in total. The quantitative estimate of drug-likeness (QED) is 0.671. The second-order valence-electron chi connectivity index (χ2n) is 5.17. The van der Waals surface area contributed by atoms with E-state index in [1.165, 1.54) is 14.0 Å². The molecule has 0 spiro atoms. The molecule has 0 fully saturated rings. The summed E-state index contributed by atoms with van der Waals surface area (Å²) in [6.45, 7) is 2.56. The minimum absolute atomic E-state index is 0.115. The third kappa shape index (κ3) is 2.52. The van der Waals surface area contributed by atoms with E-state index < -0.39 is 5.97 Å². The fraction of sp³-hybridized carbons (Fsp3) is 0.375. The summed E-state index contributed by atoms with van der Waals surface area (Å²) in [6.07, 6.45) is 3.19. The van der Waals surface area contributed by atoms with Gasteiger partial charge in [-0.3, -0.25) is 4.79 Å². The zero-order valence-electron chi connectivity index (χ0n) is 12.5. The first-order chi connectivity index (χ1) is 10.6. The monoisotopic (exact) mass is 303 g/mol. The first-order valence-electron chi connectivity index (χ1n) is 7.12. The Morgan fingerprint density at radius 1 is 1.18 bits per heavy atom. The number of ether oxygens (including phenoxy) is 3. The molecule has 116 valence electrons. The molecule has 1 amide bonds. The Hall–Kier alpha value is -2.50. The lowest BCUT2D eigenvalue weighted by Gasteiger charge is -2.11. The smallest absolute Gasteiger partial charge is 0.354 e. The summed E-state index contributed by atoms with van der Waals surface area (Å²) in [5.74, 6) is 0.644. The number of hydrogen-bond acceptors (Lipinski definition) is 5. The van der Waals surface area contributed by atoms with Crippen molar-refractivity contribution < 1.29 is 23.8 Å². The van der Waals surface area contributed by atoms with Crippen LogP contribution in [0.1, 0.15) is 23.6 Å². The lowest BCUT2D eigenvalue weighted by atomic mass is 9.96. The highest BCUT2D eigenvalue weighted by Crippen LogP contribution is 2.40. The van der Waals surface area contributed by atoms with Crippen LogP contribution in [0.25, 0.3) is 6.08 Å². The minimum atomic E-state index is -0.584. The lowest BCUT2D eigenvalue weighted by molar-refractivity contribution is -0.137. The van der Waals surface area contributed by atoms with Crippen molar-refractivity contribution in [2.75, 3.05) is 20.3 Å². The van der Waals surface area contributed by atoms with Crippen molar-refractivity contribution in [3.05, 3.63) is 28.5 Å². The van der Waals surface area contributed by atoms with Crippen molar-refractivity contribution in [2.24, 2.45) is 0 Å². The summed E-state index contributed by atoms with van der Waals surface area (Å²) >= 11 is 0. The molecule has 0 saturated carbocycles. The van der Waals surface area contributed by atoms with Gasteiger partial charge in [0.25, 0.3) is 0 Å². The summed E-state index contributed by atoms with van der Waals surface area (Å²) in [5.41, 5.74) is 3.08. The number of carbonyl (C=O) groups is 2. The van der Waals surface area contributed by atoms with Gasteiger partial charge in [-0.2, -0.15) is 0 Å². The Balaban J connectivity index is 2.12. The highest BCUT2D eigenvalue weighted by Gasteiger charge is 2.26. The van der Waals surface area contributed by atoms with Crippen LogP contribution in [0.3, 0.4) is 0 Å². The zero-order valence-corrected chi connectivity index (χ0v) is 12.5. The first kappa shape index (κ1) is 14.4. The molecule has 1 N–H and O–H groups in total. The van der Waals surface area contributed by atoms with E-state index in [1.807, 2.05) is 6.07 Å². The molecular formula is C16H17NO5. The maximum atomic E-state index is 11.9. The van der Waals surface area contributed by atoms with Gasteiger partial charge >= 0.3 is 5.97 Å². The fourth-order valence-corrected chi connectivity index (χ4v) is 2.80. The molecule has 0 unspecified atom stereocenters. The molecule has 22 heavy (non-hydrogen) atoms. The van der Waals surface area contributed by atoms with E-state index in [4.69, 9.17) is 14.2 Å². The van der Waals surface area contributed by atoms with Crippen LogP contribution in [0.5, 0.6) is 11.5 Å². The molecule has 3 rings (SSSR count). The van der Waals surface area contributed by atoms with Gasteiger partial charge in [-0.1, -0.05) is 0 Å². The van der Waals surface area contributed by atoms with Gasteiger partial charge < -0.3 is 19.5 Å². The molecule has 0 saturated heterocycles. The Morgan fingerprint density at radius 3 is 2.27 bits per heavy atom. The number of fused-ring (bicyclic) bond motifs is 2. The fourth-order valence-electron chi connectivity index (χ4n) is 2.80. The van der Waals surface area contributed by atoms with Crippen LogP contribution >= 0.6 is 0 Å². The molecule has 0 aliphatic carbocycles. The molecule has 2 heterocycles. The molecule has 1 aromatic carbocycles. The first-order valence-corrected chi connectivity index (χ1v) is 7.12. The Kier molecular flexibility index (Phi) is 3.75. The number of methoxy groups -OCH3 is 1. The summed E-state index contributed by atoms with van der Waals surface area (Å²) in [6, 6.07) is 1.90. The predicted octanol–water partition coefficient (Wildman–Crippen LogP) is 1.21. The topological polar surface area (TPSA) is 73.9 Å². The lowest BCUT2D eigenvalue weighted by Crippen LogP contribution is -2.25. The number of carbonyl (C=O) groups excluding carboxylic acids is 2. The standard InChI is InChI=1S/C16H17NO5/c1-9(18)17-13(16(19)20-2)7-12-10-3-5-21-14(10)8-15-11(12)4-6-22-15/h7-8H,3-6H2,1-2H3,(H,17,18)/b13-7-. The molecule has 0 bridgehead atoms. The van der Waals surface area contributed by atoms with Crippen molar-refractivity contribution in [2.45, 2.75) is 19.8 Å². The average Bonchev–Trinajstić information content (AvgIpc) is 3.13. The molecule has 2 aliphatic heterocycles. The summed E-state index contributed by atoms with van der Waals surface area (Å²) < 4.78 is 15.9. The second-order valence-corrected chi connectivity index (χ2v) is 5.17. The van der Waals surface area contributed by atoms with Crippen molar-refractivity contribution in [3.63, 3.8) is 0 Å². The molecule has 0 aromatic heterocycles. The van der Waals surface area contributed by atoms with Gasteiger partial charge in [0, 0.05) is 37.0 Å². The largest absolute Gasteiger partial charge is 0.493 e. The Morgan fingerprint density at radius 2 is 1.77 bits per heavy atom. The minimum Gasteiger partial charge on any atom is -0.493 e. The number of rotatable bonds is 3.